The van der Waals surface area contributed by atoms with Crippen molar-refractivity contribution in [2.75, 3.05) is 0 Å². The topological polar surface area (TPSA) is 62.1 Å². The van der Waals surface area contributed by atoms with E-state index >= 15 is 0 Å². The molecule has 5 heteroatoms. The van der Waals surface area contributed by atoms with Gasteiger partial charge in [0.15, 0.2) is 0 Å². The Morgan fingerprint density at radius 2 is 2.26 bits per heavy atom. The second-order valence-electron chi connectivity index (χ2n) is 6.19. The number of hydrogen-bond donors (Lipinski definition) is 1. The van der Waals surface area contributed by atoms with Crippen LogP contribution < -0.4 is 0 Å². The maximum absolute atomic E-state index is 11.5. The summed E-state index contributed by atoms with van der Waals surface area (Å²) in [4.78, 5) is 17.9. The van der Waals surface area contributed by atoms with E-state index in [0.717, 1.165) is 29.0 Å². The normalized spacial score (nSPS) is 35.2. The standard InChI is InChI=1S/C18H14N2O3/c21-17(22)13-10-19-14-4-5-15-12(16(13)14)9-11-3-1-7-20-8-2-6-18(11,20)23-15/h1-5,7-10,13,16H,6H2,(H,21,22). The number of carboxylic acid groups (broad SMARTS) is 1. The molecule has 4 heterocycles. The van der Waals surface area contributed by atoms with Crippen LogP contribution in [0.4, 0.5) is 0 Å². The summed E-state index contributed by atoms with van der Waals surface area (Å²) < 4.78 is 6.39. The number of carboxylic acids is 1. The maximum Gasteiger partial charge on any atom is 0.312 e. The summed E-state index contributed by atoms with van der Waals surface area (Å²) in [6.07, 6.45) is 18.3. The molecule has 1 aliphatic carbocycles. The Balaban J connectivity index is 1.65. The molecule has 5 aliphatic rings. The molecule has 5 rings (SSSR count). The van der Waals surface area contributed by atoms with E-state index in [1.807, 2.05) is 36.7 Å². The van der Waals surface area contributed by atoms with Crippen LogP contribution in [-0.4, -0.2) is 27.9 Å². The van der Waals surface area contributed by atoms with Crippen molar-refractivity contribution < 1.29 is 14.6 Å². The van der Waals surface area contributed by atoms with E-state index in [9.17, 15) is 9.90 Å². The van der Waals surface area contributed by atoms with Crippen LogP contribution in [0.15, 0.2) is 76.5 Å². The molecule has 5 nitrogen and oxygen atoms in total. The Labute approximate surface area is 133 Å². The van der Waals surface area contributed by atoms with Gasteiger partial charge in [-0.05, 0) is 24.3 Å². The first-order valence-electron chi connectivity index (χ1n) is 7.63. The van der Waals surface area contributed by atoms with Gasteiger partial charge in [0.2, 0.25) is 5.72 Å². The summed E-state index contributed by atoms with van der Waals surface area (Å²) in [5, 5.41) is 9.47. The molecule has 3 atom stereocenters. The van der Waals surface area contributed by atoms with E-state index in [0.29, 0.717) is 0 Å². The monoisotopic (exact) mass is 306 g/mol. The zero-order chi connectivity index (χ0) is 15.6. The number of carbonyl (C=O) groups is 1. The summed E-state index contributed by atoms with van der Waals surface area (Å²) in [7, 11) is 0. The van der Waals surface area contributed by atoms with E-state index in [1.165, 1.54) is 6.21 Å². The van der Waals surface area contributed by atoms with Crippen LogP contribution in [0.1, 0.15) is 6.42 Å². The third-order valence-electron chi connectivity index (χ3n) is 5.01. The molecule has 0 fully saturated rings. The highest BCUT2D eigenvalue weighted by Crippen LogP contribution is 2.50. The number of aliphatic carboxylic acids is 1. The van der Waals surface area contributed by atoms with E-state index in [-0.39, 0.29) is 5.92 Å². The van der Waals surface area contributed by atoms with Crippen molar-refractivity contribution in [2.24, 2.45) is 16.8 Å². The van der Waals surface area contributed by atoms with Gasteiger partial charge in [0.05, 0.1) is 0 Å². The van der Waals surface area contributed by atoms with Gasteiger partial charge in [-0.15, -0.1) is 0 Å². The van der Waals surface area contributed by atoms with Crippen LogP contribution in [0.2, 0.25) is 0 Å². The minimum Gasteiger partial charge on any atom is -0.481 e. The summed E-state index contributed by atoms with van der Waals surface area (Å²) in [5.41, 5.74) is 2.23. The van der Waals surface area contributed by atoms with Crippen molar-refractivity contribution in [2.45, 2.75) is 12.1 Å². The summed E-state index contributed by atoms with van der Waals surface area (Å²) in [6, 6.07) is 0. The molecule has 4 aliphatic heterocycles. The van der Waals surface area contributed by atoms with Gasteiger partial charge >= 0.3 is 5.97 Å². The molecular formula is C18H14N2O3. The Morgan fingerprint density at radius 3 is 3.13 bits per heavy atom. The molecule has 1 N–H and O–H groups in total. The average molecular weight is 306 g/mol. The van der Waals surface area contributed by atoms with Crippen molar-refractivity contribution in [1.82, 2.24) is 4.90 Å². The molecule has 0 aromatic rings. The highest BCUT2D eigenvalue weighted by molar-refractivity contribution is 5.93. The number of nitrogens with zero attached hydrogens (tertiary/aromatic N) is 2. The van der Waals surface area contributed by atoms with E-state index in [2.05, 4.69) is 22.0 Å². The molecular weight excluding hydrogens is 292 g/mol. The SMILES string of the molecule is O=C(O)C1C=NC2=CC=C3OC45CC=CN4C=CC=C5C=C3C21. The van der Waals surface area contributed by atoms with Crippen LogP contribution in [0, 0.1) is 11.8 Å². The zero-order valence-corrected chi connectivity index (χ0v) is 12.2. The quantitative estimate of drug-likeness (QED) is 0.808. The van der Waals surface area contributed by atoms with Gasteiger partial charge in [-0.2, -0.15) is 0 Å². The molecule has 114 valence electrons. The first-order valence-corrected chi connectivity index (χ1v) is 7.63. The van der Waals surface area contributed by atoms with Gasteiger partial charge in [0, 0.05) is 47.8 Å². The molecule has 0 saturated heterocycles. The molecule has 0 bridgehead atoms. The Bertz CT molecular complexity index is 840. The van der Waals surface area contributed by atoms with Crippen LogP contribution >= 0.6 is 0 Å². The van der Waals surface area contributed by atoms with Gasteiger partial charge in [-0.3, -0.25) is 9.79 Å². The molecule has 0 amide bonds. The highest BCUT2D eigenvalue weighted by Gasteiger charge is 2.50. The average Bonchev–Trinajstić information content (AvgIpc) is 3.15. The van der Waals surface area contributed by atoms with E-state index < -0.39 is 17.6 Å². The van der Waals surface area contributed by atoms with E-state index in [4.69, 9.17) is 4.74 Å². The number of fused-ring (bicyclic) bond motifs is 3. The van der Waals surface area contributed by atoms with E-state index in [1.54, 1.807) is 0 Å². The summed E-state index contributed by atoms with van der Waals surface area (Å²) in [6.45, 7) is 0. The lowest BCUT2D eigenvalue weighted by molar-refractivity contribution is -0.139. The van der Waals surface area contributed by atoms with Crippen molar-refractivity contribution in [1.29, 1.82) is 0 Å². The van der Waals surface area contributed by atoms with Crippen LogP contribution in [-0.2, 0) is 9.53 Å². The lowest BCUT2D eigenvalue weighted by Gasteiger charge is -2.45. The van der Waals surface area contributed by atoms with Crippen LogP contribution in [0.3, 0.4) is 0 Å². The van der Waals surface area contributed by atoms with Crippen LogP contribution in [0.5, 0.6) is 0 Å². The van der Waals surface area contributed by atoms with Gasteiger partial charge < -0.3 is 14.7 Å². The van der Waals surface area contributed by atoms with Crippen molar-refractivity contribution >= 4 is 12.2 Å². The molecule has 0 radical (unpaired) electrons. The largest absolute Gasteiger partial charge is 0.481 e. The number of aliphatic imine (C=N–C) groups is 1. The predicted octanol–water partition coefficient (Wildman–Crippen LogP) is 2.50. The first-order chi connectivity index (χ1) is 11.2. The fourth-order valence-electron chi connectivity index (χ4n) is 3.91. The minimum absolute atomic E-state index is 0.264. The summed E-state index contributed by atoms with van der Waals surface area (Å²) >= 11 is 0. The number of ether oxygens (including phenoxy) is 1. The fourth-order valence-corrected chi connectivity index (χ4v) is 3.91. The molecule has 0 aromatic heterocycles. The van der Waals surface area contributed by atoms with Crippen molar-refractivity contribution in [3.05, 3.63) is 71.5 Å². The zero-order valence-electron chi connectivity index (χ0n) is 12.2. The number of rotatable bonds is 1. The van der Waals surface area contributed by atoms with Gasteiger partial charge in [0.25, 0.3) is 0 Å². The molecule has 1 spiro atoms. The smallest absolute Gasteiger partial charge is 0.312 e. The number of allylic oxidation sites excluding steroid dienone is 6. The van der Waals surface area contributed by atoms with Crippen LogP contribution in [0.25, 0.3) is 0 Å². The Hall–Kier alpha value is -2.82. The second kappa shape index (κ2) is 4.13. The van der Waals surface area contributed by atoms with Gasteiger partial charge in [-0.1, -0.05) is 12.2 Å². The first kappa shape index (κ1) is 12.7. The maximum atomic E-state index is 11.5. The summed E-state index contributed by atoms with van der Waals surface area (Å²) in [5.74, 6) is -1.01. The van der Waals surface area contributed by atoms with Gasteiger partial charge in [-0.25, -0.2) is 0 Å². The molecule has 0 saturated carbocycles. The predicted molar refractivity (Wildman–Crippen MR) is 84.0 cm³/mol. The fraction of sp³-hybridized carbons (Fsp3) is 0.222. The second-order valence-corrected chi connectivity index (χ2v) is 6.19. The number of hydrogen-bond acceptors (Lipinski definition) is 4. The molecule has 3 unspecified atom stereocenters. The Kier molecular flexibility index (Phi) is 2.28. The Morgan fingerprint density at radius 1 is 1.35 bits per heavy atom. The lowest BCUT2D eigenvalue weighted by Crippen LogP contribution is -2.47. The van der Waals surface area contributed by atoms with Gasteiger partial charge in [0.1, 0.15) is 11.7 Å². The lowest BCUT2D eigenvalue weighted by atomic mass is 9.78. The molecule has 23 heavy (non-hydrogen) atoms. The third-order valence-corrected chi connectivity index (χ3v) is 5.01. The third kappa shape index (κ3) is 1.51. The molecule has 0 aromatic carbocycles. The highest BCUT2D eigenvalue weighted by atomic mass is 16.5. The minimum atomic E-state index is -0.855. The van der Waals surface area contributed by atoms with Crippen molar-refractivity contribution in [3.63, 3.8) is 0 Å². The van der Waals surface area contributed by atoms with Crippen molar-refractivity contribution in [3.8, 4) is 0 Å².